The van der Waals surface area contributed by atoms with Crippen LogP contribution in [0.2, 0.25) is 0 Å². The summed E-state index contributed by atoms with van der Waals surface area (Å²) in [7, 11) is 0. The van der Waals surface area contributed by atoms with Crippen LogP contribution >= 0.6 is 0 Å². The topological polar surface area (TPSA) is 146 Å². The maximum atomic E-state index is 14.9. The molecule has 204 valence electrons. The van der Waals surface area contributed by atoms with Crippen molar-refractivity contribution in [2.75, 3.05) is 6.61 Å². The van der Waals surface area contributed by atoms with Crippen molar-refractivity contribution in [1.29, 1.82) is 0 Å². The van der Waals surface area contributed by atoms with Crippen LogP contribution < -0.4 is 0 Å². The Bertz CT molecular complexity index is 1280. The van der Waals surface area contributed by atoms with E-state index in [1.165, 1.54) is 6.08 Å². The Labute approximate surface area is 219 Å². The maximum Gasteiger partial charge on any atom is 0.342 e. The van der Waals surface area contributed by atoms with Gasteiger partial charge in [-0.3, -0.25) is 14.4 Å². The molecular weight excluding hydrogens is 496 g/mol. The van der Waals surface area contributed by atoms with Gasteiger partial charge in [0.25, 0.3) is 0 Å². The van der Waals surface area contributed by atoms with E-state index in [2.05, 4.69) is 0 Å². The third-order valence-electron chi connectivity index (χ3n) is 12.5. The molecule has 8 rings (SSSR count). The van der Waals surface area contributed by atoms with Crippen LogP contribution in [0.4, 0.5) is 0 Å². The van der Waals surface area contributed by atoms with E-state index >= 15 is 0 Å². The molecule has 0 aromatic heterocycles. The van der Waals surface area contributed by atoms with E-state index < -0.39 is 87.0 Å². The highest BCUT2D eigenvalue weighted by Gasteiger charge is 2.93. The average Bonchev–Trinajstić information content (AvgIpc) is 3.17. The number of carbonyl (C=O) groups is 4. The standard InChI is InChI=1S/C28H32O10/c1-23-10-18-25(3)28-19(23)20(31)27(38-28,35-11-15(23)21(32)36-18)14-9-16(29)13-5-4-6-17(30)24(13,2)12(14)7-8-26(28,34)22(33)37-25/h4,6,12-16,18-19,29,34H,5,7-11H2,1-3H3/t12?,13?,14?,15-,16?,18+,19?,23+,24+,25-,26+,27+,28-/m0/s1. The molecule has 0 amide bonds. The summed E-state index contributed by atoms with van der Waals surface area (Å²) in [5.41, 5.74) is -7.78. The first-order valence-corrected chi connectivity index (χ1v) is 13.7. The summed E-state index contributed by atoms with van der Waals surface area (Å²) in [6, 6.07) is 0. The quantitative estimate of drug-likeness (QED) is 0.429. The van der Waals surface area contributed by atoms with Crippen molar-refractivity contribution in [2.24, 2.45) is 40.4 Å². The summed E-state index contributed by atoms with van der Waals surface area (Å²) < 4.78 is 25.0. The number of carbonyl (C=O) groups excluding carboxylic acids is 4. The van der Waals surface area contributed by atoms with Crippen molar-refractivity contribution >= 4 is 23.5 Å². The SMILES string of the molecule is C[C@]12C(=O)C=CCC1C(O)CC1C2CC[C@@]2(O)C(=O)O[C@@]3(C)[C@H]4C[C@@]5(C)C6C(=O)[C@]1(OC[C@H]5C(=O)O4)O[C@]623. The van der Waals surface area contributed by atoms with E-state index in [0.717, 1.165) is 0 Å². The predicted molar refractivity (Wildman–Crippen MR) is 124 cm³/mol. The second kappa shape index (κ2) is 6.43. The zero-order valence-electron chi connectivity index (χ0n) is 21.6. The maximum absolute atomic E-state index is 14.9. The van der Waals surface area contributed by atoms with E-state index in [0.29, 0.717) is 6.42 Å². The first-order valence-electron chi connectivity index (χ1n) is 13.7. The number of allylic oxidation sites excluding steroid dienone is 2. The fraction of sp³-hybridized carbons (Fsp3) is 0.786. The molecule has 5 heterocycles. The molecule has 5 saturated heterocycles. The molecule has 0 aromatic rings. The number of ketones is 2. The minimum absolute atomic E-state index is 0.0980. The molecule has 3 aliphatic carbocycles. The largest absolute Gasteiger partial charge is 0.458 e. The van der Waals surface area contributed by atoms with E-state index in [-0.39, 0.29) is 44.0 Å². The van der Waals surface area contributed by atoms with E-state index in [4.69, 9.17) is 18.9 Å². The number of aliphatic hydroxyl groups excluding tert-OH is 1. The molecule has 13 atom stereocenters. The number of hydrogen-bond donors (Lipinski definition) is 2. The molecule has 38 heavy (non-hydrogen) atoms. The Morgan fingerprint density at radius 2 is 1.82 bits per heavy atom. The van der Waals surface area contributed by atoms with Crippen LogP contribution in [-0.2, 0) is 38.1 Å². The van der Waals surface area contributed by atoms with Gasteiger partial charge in [-0.1, -0.05) is 19.9 Å². The summed E-state index contributed by atoms with van der Waals surface area (Å²) in [5.74, 6) is -7.56. The first kappa shape index (κ1) is 23.7. The number of Topliss-reactive ketones (excluding diaryl/α,β-unsaturated/α-hetero) is 1. The van der Waals surface area contributed by atoms with E-state index in [1.54, 1.807) is 13.0 Å². The van der Waals surface area contributed by atoms with Gasteiger partial charge in [-0.2, -0.15) is 0 Å². The molecule has 5 bridgehead atoms. The number of ether oxygens (including phenoxy) is 4. The van der Waals surface area contributed by atoms with Gasteiger partial charge >= 0.3 is 11.9 Å². The Hall–Kier alpha value is -2.14. The van der Waals surface area contributed by atoms with Crippen molar-refractivity contribution in [1.82, 2.24) is 0 Å². The van der Waals surface area contributed by atoms with Crippen molar-refractivity contribution in [3.8, 4) is 0 Å². The van der Waals surface area contributed by atoms with Gasteiger partial charge in [0.15, 0.2) is 28.4 Å². The van der Waals surface area contributed by atoms with Gasteiger partial charge in [0, 0.05) is 17.3 Å². The molecule has 5 aliphatic heterocycles. The molecule has 2 spiro atoms. The van der Waals surface area contributed by atoms with Gasteiger partial charge in [-0.15, -0.1) is 0 Å². The lowest BCUT2D eigenvalue weighted by Crippen LogP contribution is -2.79. The fourth-order valence-electron chi connectivity index (χ4n) is 10.6. The molecule has 5 unspecified atom stereocenters. The fourth-order valence-corrected chi connectivity index (χ4v) is 10.6. The average molecular weight is 529 g/mol. The highest BCUT2D eigenvalue weighted by Crippen LogP contribution is 2.75. The number of aliphatic hydroxyl groups is 2. The van der Waals surface area contributed by atoms with Crippen LogP contribution in [0.25, 0.3) is 0 Å². The molecular formula is C28H32O10. The molecule has 8 aliphatic rings. The monoisotopic (exact) mass is 528 g/mol. The van der Waals surface area contributed by atoms with Crippen molar-refractivity contribution in [3.05, 3.63) is 12.2 Å². The zero-order valence-corrected chi connectivity index (χ0v) is 21.6. The molecule has 0 aromatic carbocycles. The number of esters is 2. The lowest BCUT2D eigenvalue weighted by molar-refractivity contribution is -0.378. The number of rotatable bonds is 0. The Balaban J connectivity index is 1.42. The van der Waals surface area contributed by atoms with Gasteiger partial charge in [0.1, 0.15) is 6.10 Å². The first-order chi connectivity index (χ1) is 17.8. The highest BCUT2D eigenvalue weighted by atomic mass is 16.8. The Morgan fingerprint density at radius 1 is 1.05 bits per heavy atom. The normalized spacial score (nSPS) is 61.3. The second-order valence-electron chi connectivity index (χ2n) is 13.6. The lowest BCUT2D eigenvalue weighted by atomic mass is 9.46. The van der Waals surface area contributed by atoms with E-state index in [1.807, 2.05) is 13.8 Å². The highest BCUT2D eigenvalue weighted by molar-refractivity contribution is 6.00. The second-order valence-corrected chi connectivity index (χ2v) is 13.6. The van der Waals surface area contributed by atoms with Crippen molar-refractivity contribution in [3.63, 3.8) is 0 Å². The number of hydrogen-bond acceptors (Lipinski definition) is 10. The molecule has 2 saturated carbocycles. The summed E-state index contributed by atoms with van der Waals surface area (Å²) in [6.45, 7) is 5.08. The molecule has 10 heteroatoms. The van der Waals surface area contributed by atoms with Crippen LogP contribution in [0.5, 0.6) is 0 Å². The van der Waals surface area contributed by atoms with Gasteiger partial charge < -0.3 is 29.2 Å². The van der Waals surface area contributed by atoms with Crippen molar-refractivity contribution < 1.29 is 48.3 Å². The lowest BCUT2D eigenvalue weighted by Gasteiger charge is -2.63. The third-order valence-corrected chi connectivity index (χ3v) is 12.5. The Kier molecular flexibility index (Phi) is 4.01. The van der Waals surface area contributed by atoms with Gasteiger partial charge in [-0.25, -0.2) is 4.79 Å². The minimum atomic E-state index is -2.22. The third kappa shape index (κ3) is 2.04. The molecule has 0 radical (unpaired) electrons. The summed E-state index contributed by atoms with van der Waals surface area (Å²) in [6.07, 6.45) is 2.52. The van der Waals surface area contributed by atoms with Crippen LogP contribution in [-0.4, -0.2) is 75.1 Å². The van der Waals surface area contributed by atoms with Crippen LogP contribution in [0.15, 0.2) is 12.2 Å². The van der Waals surface area contributed by atoms with Crippen LogP contribution in [0.1, 0.15) is 52.9 Å². The smallest absolute Gasteiger partial charge is 0.342 e. The molecule has 10 nitrogen and oxygen atoms in total. The molecule has 2 N–H and O–H groups in total. The zero-order chi connectivity index (χ0) is 26.8. The predicted octanol–water partition coefficient (Wildman–Crippen LogP) is 0.608. The van der Waals surface area contributed by atoms with Gasteiger partial charge in [0.05, 0.1) is 24.5 Å². The van der Waals surface area contributed by atoms with Crippen LogP contribution in [0, 0.1) is 40.4 Å². The van der Waals surface area contributed by atoms with Gasteiger partial charge in [0.2, 0.25) is 5.79 Å². The van der Waals surface area contributed by atoms with Crippen molar-refractivity contribution in [2.45, 2.75) is 87.7 Å². The summed E-state index contributed by atoms with van der Waals surface area (Å²) >= 11 is 0. The van der Waals surface area contributed by atoms with Gasteiger partial charge in [-0.05, 0) is 56.4 Å². The minimum Gasteiger partial charge on any atom is -0.458 e. The molecule has 7 fully saturated rings. The van der Waals surface area contributed by atoms with Crippen LogP contribution in [0.3, 0.4) is 0 Å². The number of fused-ring (bicyclic) bond motifs is 5. The summed E-state index contributed by atoms with van der Waals surface area (Å²) in [4.78, 5) is 55.4. The Morgan fingerprint density at radius 3 is 2.58 bits per heavy atom. The summed E-state index contributed by atoms with van der Waals surface area (Å²) in [5, 5.41) is 23.8. The van der Waals surface area contributed by atoms with E-state index in [9.17, 15) is 29.4 Å².